The summed E-state index contributed by atoms with van der Waals surface area (Å²) in [5.74, 6) is 0.564. The number of nitriles is 1. The van der Waals surface area contributed by atoms with Crippen molar-refractivity contribution >= 4 is 0 Å². The molecule has 102 valence electrons. The van der Waals surface area contributed by atoms with Gasteiger partial charge in [0.25, 0.3) is 0 Å². The van der Waals surface area contributed by atoms with Crippen LogP contribution in [0.15, 0.2) is 0 Å². The Morgan fingerprint density at radius 2 is 2.11 bits per heavy atom. The van der Waals surface area contributed by atoms with E-state index < -0.39 is 0 Å². The van der Waals surface area contributed by atoms with Gasteiger partial charge in [-0.25, -0.2) is 0 Å². The first-order valence-corrected chi connectivity index (χ1v) is 7.20. The van der Waals surface area contributed by atoms with Crippen molar-refractivity contribution in [1.82, 2.24) is 15.1 Å². The second kappa shape index (κ2) is 5.56. The molecule has 18 heavy (non-hydrogen) atoms. The predicted molar refractivity (Wildman–Crippen MR) is 73.3 cm³/mol. The minimum absolute atomic E-state index is 0.307. The average Bonchev–Trinajstić information content (AvgIpc) is 3.16. The van der Waals surface area contributed by atoms with Gasteiger partial charge < -0.3 is 4.90 Å². The lowest BCUT2D eigenvalue weighted by molar-refractivity contribution is 0.0759. The van der Waals surface area contributed by atoms with Crippen LogP contribution in [-0.2, 0) is 0 Å². The van der Waals surface area contributed by atoms with Gasteiger partial charge in [0.1, 0.15) is 5.54 Å². The van der Waals surface area contributed by atoms with Gasteiger partial charge in [-0.1, -0.05) is 6.92 Å². The largest absolute Gasteiger partial charge is 0.304 e. The van der Waals surface area contributed by atoms with E-state index in [1.807, 2.05) is 0 Å². The van der Waals surface area contributed by atoms with Gasteiger partial charge in [-0.15, -0.1) is 0 Å². The summed E-state index contributed by atoms with van der Waals surface area (Å²) in [5, 5.41) is 13.1. The summed E-state index contributed by atoms with van der Waals surface area (Å²) < 4.78 is 0. The number of likely N-dealkylation sites (N-methyl/N-ethyl adjacent to an activating group) is 2. The average molecular weight is 250 g/mol. The standard InChI is InChI=1S/C14H26N4/c1-4-16-14(10-15,13-5-6-13)11-18-8-7-17(3)9-12(18)2/h12-13,16H,4-9,11H2,1-3H3. The Balaban J connectivity index is 2.02. The van der Waals surface area contributed by atoms with E-state index >= 15 is 0 Å². The van der Waals surface area contributed by atoms with Gasteiger partial charge in [0, 0.05) is 32.2 Å². The Labute approximate surface area is 111 Å². The highest BCUT2D eigenvalue weighted by molar-refractivity contribution is 5.17. The summed E-state index contributed by atoms with van der Waals surface area (Å²) in [5.41, 5.74) is -0.307. The molecule has 4 heteroatoms. The Hall–Kier alpha value is -0.630. The van der Waals surface area contributed by atoms with Crippen molar-refractivity contribution in [2.24, 2.45) is 5.92 Å². The van der Waals surface area contributed by atoms with Crippen LogP contribution in [0.3, 0.4) is 0 Å². The van der Waals surface area contributed by atoms with E-state index in [1.165, 1.54) is 12.8 Å². The van der Waals surface area contributed by atoms with Crippen LogP contribution in [0, 0.1) is 17.2 Å². The second-order valence-corrected chi connectivity index (χ2v) is 5.97. The van der Waals surface area contributed by atoms with Crippen molar-refractivity contribution < 1.29 is 0 Å². The number of piperazine rings is 1. The van der Waals surface area contributed by atoms with Gasteiger partial charge in [-0.05, 0) is 39.3 Å². The maximum absolute atomic E-state index is 9.64. The van der Waals surface area contributed by atoms with Crippen molar-refractivity contribution in [3.8, 4) is 6.07 Å². The summed E-state index contributed by atoms with van der Waals surface area (Å²) in [6.45, 7) is 9.45. The molecule has 2 fully saturated rings. The molecule has 4 nitrogen and oxygen atoms in total. The van der Waals surface area contributed by atoms with Crippen LogP contribution in [0.2, 0.25) is 0 Å². The van der Waals surface area contributed by atoms with Crippen LogP contribution in [0.1, 0.15) is 26.7 Å². The zero-order valence-electron chi connectivity index (χ0n) is 11.9. The Morgan fingerprint density at radius 1 is 1.39 bits per heavy atom. The van der Waals surface area contributed by atoms with E-state index in [2.05, 4.69) is 42.1 Å². The Bertz CT molecular complexity index is 320. The molecule has 2 unspecified atom stereocenters. The highest BCUT2D eigenvalue weighted by Crippen LogP contribution is 2.40. The second-order valence-electron chi connectivity index (χ2n) is 5.97. The highest BCUT2D eigenvalue weighted by atomic mass is 15.3. The topological polar surface area (TPSA) is 42.3 Å². The maximum atomic E-state index is 9.64. The van der Waals surface area contributed by atoms with Crippen LogP contribution in [0.25, 0.3) is 0 Å². The molecule has 1 heterocycles. The highest BCUT2D eigenvalue weighted by Gasteiger charge is 2.46. The summed E-state index contributed by atoms with van der Waals surface area (Å²) >= 11 is 0. The summed E-state index contributed by atoms with van der Waals surface area (Å²) in [6, 6.07) is 3.14. The van der Waals surface area contributed by atoms with E-state index in [0.29, 0.717) is 12.0 Å². The lowest BCUT2D eigenvalue weighted by atomic mass is 9.93. The number of hydrogen-bond acceptors (Lipinski definition) is 4. The fourth-order valence-electron chi connectivity index (χ4n) is 3.12. The molecule has 0 amide bonds. The van der Waals surface area contributed by atoms with Crippen molar-refractivity contribution in [2.45, 2.75) is 38.3 Å². The molecule has 0 aromatic rings. The minimum Gasteiger partial charge on any atom is -0.304 e. The number of nitrogens with zero attached hydrogens (tertiary/aromatic N) is 3. The van der Waals surface area contributed by atoms with Gasteiger partial charge in [-0.3, -0.25) is 10.2 Å². The van der Waals surface area contributed by atoms with Crippen LogP contribution >= 0.6 is 0 Å². The lowest BCUT2D eigenvalue weighted by Crippen LogP contribution is -2.60. The fraction of sp³-hybridized carbons (Fsp3) is 0.929. The molecule has 2 aliphatic rings. The van der Waals surface area contributed by atoms with E-state index in [0.717, 1.165) is 32.7 Å². The zero-order valence-corrected chi connectivity index (χ0v) is 11.9. The van der Waals surface area contributed by atoms with Crippen molar-refractivity contribution in [3.05, 3.63) is 0 Å². The molecule has 0 aromatic carbocycles. The van der Waals surface area contributed by atoms with Gasteiger partial charge in [0.2, 0.25) is 0 Å². The SMILES string of the molecule is CCNC(C#N)(CN1CCN(C)CC1C)C1CC1. The van der Waals surface area contributed by atoms with Crippen LogP contribution in [0.4, 0.5) is 0 Å². The summed E-state index contributed by atoms with van der Waals surface area (Å²) in [6.07, 6.45) is 2.42. The number of hydrogen-bond donors (Lipinski definition) is 1. The third-order valence-electron chi connectivity index (χ3n) is 4.39. The molecule has 0 aromatic heterocycles. The zero-order chi connectivity index (χ0) is 13.2. The quantitative estimate of drug-likeness (QED) is 0.787. The Morgan fingerprint density at radius 3 is 2.61 bits per heavy atom. The van der Waals surface area contributed by atoms with Gasteiger partial charge in [0.15, 0.2) is 0 Å². The summed E-state index contributed by atoms with van der Waals surface area (Å²) in [4.78, 5) is 4.86. The first-order valence-electron chi connectivity index (χ1n) is 7.20. The maximum Gasteiger partial charge on any atom is 0.122 e. The third kappa shape index (κ3) is 2.85. The first-order chi connectivity index (χ1) is 8.61. The fourth-order valence-corrected chi connectivity index (χ4v) is 3.12. The molecule has 2 atom stereocenters. The smallest absolute Gasteiger partial charge is 0.122 e. The monoisotopic (exact) mass is 250 g/mol. The molecule has 1 aliphatic heterocycles. The molecule has 1 aliphatic carbocycles. The van der Waals surface area contributed by atoms with Crippen molar-refractivity contribution in [3.63, 3.8) is 0 Å². The molecule has 0 spiro atoms. The molecular formula is C14H26N4. The normalized spacial score (nSPS) is 29.8. The molecule has 1 saturated carbocycles. The summed E-state index contributed by atoms with van der Waals surface area (Å²) in [7, 11) is 2.18. The Kier molecular flexibility index (Phi) is 4.26. The third-order valence-corrected chi connectivity index (χ3v) is 4.39. The molecular weight excluding hydrogens is 224 g/mol. The van der Waals surface area contributed by atoms with E-state index in [4.69, 9.17) is 0 Å². The van der Waals surface area contributed by atoms with E-state index in [-0.39, 0.29) is 5.54 Å². The van der Waals surface area contributed by atoms with Crippen LogP contribution < -0.4 is 5.32 Å². The van der Waals surface area contributed by atoms with E-state index in [1.54, 1.807) is 0 Å². The molecule has 2 rings (SSSR count). The van der Waals surface area contributed by atoms with Crippen molar-refractivity contribution in [1.29, 1.82) is 5.26 Å². The van der Waals surface area contributed by atoms with Crippen LogP contribution in [-0.4, -0.2) is 61.2 Å². The molecule has 0 bridgehead atoms. The number of nitrogens with one attached hydrogen (secondary N) is 1. The van der Waals surface area contributed by atoms with Crippen LogP contribution in [0.5, 0.6) is 0 Å². The number of rotatable bonds is 5. The molecule has 1 saturated heterocycles. The minimum atomic E-state index is -0.307. The first kappa shape index (κ1) is 13.8. The lowest BCUT2D eigenvalue weighted by Gasteiger charge is -2.42. The van der Waals surface area contributed by atoms with Gasteiger partial charge >= 0.3 is 0 Å². The van der Waals surface area contributed by atoms with Crippen molar-refractivity contribution in [2.75, 3.05) is 39.8 Å². The van der Waals surface area contributed by atoms with Gasteiger partial charge in [-0.2, -0.15) is 5.26 Å². The van der Waals surface area contributed by atoms with Gasteiger partial charge in [0.05, 0.1) is 6.07 Å². The molecule has 0 radical (unpaired) electrons. The predicted octanol–water partition coefficient (Wildman–Crippen LogP) is 0.904. The van der Waals surface area contributed by atoms with E-state index in [9.17, 15) is 5.26 Å². The molecule has 1 N–H and O–H groups in total.